The van der Waals surface area contributed by atoms with Gasteiger partial charge in [0.1, 0.15) is 11.2 Å². The lowest BCUT2D eigenvalue weighted by Crippen LogP contribution is -2.24. The van der Waals surface area contributed by atoms with Crippen LogP contribution in [0.4, 0.5) is 0 Å². The topological polar surface area (TPSA) is 35.5 Å². The van der Waals surface area contributed by atoms with Gasteiger partial charge in [-0.05, 0) is 39.3 Å². The fourth-order valence-electron chi connectivity index (χ4n) is 1.35. The largest absolute Gasteiger partial charge is 0.456 e. The lowest BCUT2D eigenvalue weighted by molar-refractivity contribution is 0.00680. The minimum atomic E-state index is -0.500. The molecule has 0 saturated heterocycles. The van der Waals surface area contributed by atoms with E-state index in [0.29, 0.717) is 11.3 Å². The molecule has 1 rings (SSSR count). The number of rotatable bonds is 6. The van der Waals surface area contributed by atoms with Crippen molar-refractivity contribution in [2.24, 2.45) is 0 Å². The summed E-state index contributed by atoms with van der Waals surface area (Å²) in [6.07, 6.45) is 2.23. The average Bonchev–Trinajstić information content (AvgIpc) is 2.33. The second-order valence-corrected chi connectivity index (χ2v) is 6.07. The highest BCUT2D eigenvalue weighted by Crippen LogP contribution is 2.25. The van der Waals surface area contributed by atoms with Crippen molar-refractivity contribution in [2.75, 3.05) is 5.75 Å². The van der Waals surface area contributed by atoms with Gasteiger partial charge in [-0.15, -0.1) is 0 Å². The predicted molar refractivity (Wildman–Crippen MR) is 79.6 cm³/mol. The molecule has 0 heterocycles. The molecule has 0 unspecified atom stereocenters. The van der Waals surface area contributed by atoms with E-state index in [9.17, 15) is 4.79 Å². The molecule has 0 saturated carbocycles. The smallest absolute Gasteiger partial charge is 0.342 e. The molecule has 0 spiro atoms. The molecule has 0 N–H and O–H groups in total. The Hall–Kier alpha value is -1.16. The zero-order valence-electron chi connectivity index (χ0n) is 12.1. The third-order valence-electron chi connectivity index (χ3n) is 2.24. The highest BCUT2D eigenvalue weighted by Gasteiger charge is 2.20. The Morgan fingerprint density at radius 3 is 2.58 bits per heavy atom. The molecule has 0 aliphatic rings. The normalized spacial score (nSPS) is 11.2. The first-order valence-electron chi connectivity index (χ1n) is 6.56. The van der Waals surface area contributed by atoms with Crippen molar-refractivity contribution in [1.82, 2.24) is 0 Å². The number of unbranched alkanes of at least 4 members (excludes halogenated alkanes) is 1. The summed E-state index contributed by atoms with van der Waals surface area (Å²) in [7, 11) is 0. The molecule has 0 aliphatic carbocycles. The summed E-state index contributed by atoms with van der Waals surface area (Å²) in [6, 6.07) is 7.17. The van der Waals surface area contributed by atoms with E-state index in [1.165, 1.54) is 12.0 Å². The molecule has 0 bridgehead atoms. The number of hydrogen-bond acceptors (Lipinski definition) is 4. The van der Waals surface area contributed by atoms with Crippen LogP contribution in [0.15, 0.2) is 24.3 Å². The number of ether oxygens (including phenoxy) is 1. The summed E-state index contributed by atoms with van der Waals surface area (Å²) in [6.45, 7) is 7.69. The molecular weight excluding hydrogens is 260 g/mol. The van der Waals surface area contributed by atoms with E-state index in [-0.39, 0.29) is 5.97 Å². The van der Waals surface area contributed by atoms with Gasteiger partial charge in [-0.3, -0.25) is 0 Å². The molecular formula is C15H22O3S. The van der Waals surface area contributed by atoms with Crippen LogP contribution in [0, 0.1) is 0 Å². The van der Waals surface area contributed by atoms with E-state index in [0.717, 1.165) is 18.6 Å². The molecule has 106 valence electrons. The third-order valence-corrected chi connectivity index (χ3v) is 2.99. The van der Waals surface area contributed by atoms with E-state index in [2.05, 4.69) is 6.92 Å². The van der Waals surface area contributed by atoms with E-state index >= 15 is 0 Å². The monoisotopic (exact) mass is 282 g/mol. The van der Waals surface area contributed by atoms with Crippen LogP contribution in [0.2, 0.25) is 0 Å². The second-order valence-electron chi connectivity index (χ2n) is 5.26. The number of carbonyl (C=O) groups is 1. The first kappa shape index (κ1) is 15.9. The molecule has 0 amide bonds. The van der Waals surface area contributed by atoms with E-state index in [1.807, 2.05) is 32.9 Å². The maximum Gasteiger partial charge on any atom is 0.342 e. The highest BCUT2D eigenvalue weighted by molar-refractivity contribution is 7.95. The van der Waals surface area contributed by atoms with Crippen LogP contribution in [0.5, 0.6) is 5.75 Å². The predicted octanol–water partition coefficient (Wildman–Crippen LogP) is 4.47. The summed E-state index contributed by atoms with van der Waals surface area (Å²) in [5.74, 6) is 1.14. The molecule has 0 aliphatic heterocycles. The Balaban J connectivity index is 2.69. The maximum atomic E-state index is 12.1. The standard InChI is InChI=1S/C15H22O3S/c1-5-6-11-19-18-13-10-8-7-9-12(13)14(16)17-15(2,3)4/h7-10H,5-6,11H2,1-4H3. The number of benzene rings is 1. The van der Waals surface area contributed by atoms with Crippen molar-refractivity contribution in [1.29, 1.82) is 0 Å². The van der Waals surface area contributed by atoms with Gasteiger partial charge in [0, 0.05) is 5.75 Å². The Kier molecular flexibility index (Phi) is 6.22. The van der Waals surface area contributed by atoms with Gasteiger partial charge in [-0.1, -0.05) is 25.5 Å². The molecule has 0 atom stereocenters. The summed E-state index contributed by atoms with van der Waals surface area (Å²) in [5.41, 5.74) is -0.0269. The lowest BCUT2D eigenvalue weighted by atomic mass is 10.1. The fourth-order valence-corrected chi connectivity index (χ4v) is 2.11. The molecule has 1 aromatic rings. The van der Waals surface area contributed by atoms with Crippen LogP contribution in [-0.4, -0.2) is 17.3 Å². The molecule has 19 heavy (non-hydrogen) atoms. The summed E-state index contributed by atoms with van der Waals surface area (Å²) >= 11 is 1.37. The fraction of sp³-hybridized carbons (Fsp3) is 0.533. The van der Waals surface area contributed by atoms with Crippen molar-refractivity contribution < 1.29 is 13.7 Å². The second kappa shape index (κ2) is 7.43. The first-order chi connectivity index (χ1) is 8.94. The van der Waals surface area contributed by atoms with E-state index in [1.54, 1.807) is 12.1 Å². The average molecular weight is 282 g/mol. The van der Waals surface area contributed by atoms with Gasteiger partial charge < -0.3 is 8.92 Å². The lowest BCUT2D eigenvalue weighted by Gasteiger charge is -2.20. The zero-order chi connectivity index (χ0) is 14.3. The van der Waals surface area contributed by atoms with Crippen LogP contribution in [0.1, 0.15) is 50.9 Å². The number of hydrogen-bond donors (Lipinski definition) is 0. The number of esters is 1. The van der Waals surface area contributed by atoms with Gasteiger partial charge >= 0.3 is 5.97 Å². The molecule has 3 nitrogen and oxygen atoms in total. The van der Waals surface area contributed by atoms with Crippen LogP contribution in [0.25, 0.3) is 0 Å². The van der Waals surface area contributed by atoms with Gasteiger partial charge in [0.25, 0.3) is 0 Å². The first-order valence-corrected chi connectivity index (χ1v) is 7.47. The van der Waals surface area contributed by atoms with Crippen LogP contribution in [0.3, 0.4) is 0 Å². The van der Waals surface area contributed by atoms with Gasteiger partial charge in [-0.25, -0.2) is 4.79 Å². The van der Waals surface area contributed by atoms with Crippen LogP contribution in [-0.2, 0) is 4.74 Å². The summed E-state index contributed by atoms with van der Waals surface area (Å²) < 4.78 is 11.0. The van der Waals surface area contributed by atoms with Gasteiger partial charge in [0.15, 0.2) is 5.75 Å². The molecule has 0 radical (unpaired) electrons. The third kappa shape index (κ3) is 6.01. The number of carbonyl (C=O) groups excluding carboxylic acids is 1. The molecule has 0 aromatic heterocycles. The summed E-state index contributed by atoms with van der Waals surface area (Å²) in [4.78, 5) is 12.1. The van der Waals surface area contributed by atoms with E-state index < -0.39 is 5.60 Å². The van der Waals surface area contributed by atoms with Crippen molar-refractivity contribution in [3.8, 4) is 5.75 Å². The Bertz CT molecular complexity index is 410. The Labute approximate surface area is 119 Å². The van der Waals surface area contributed by atoms with Crippen molar-refractivity contribution in [3.63, 3.8) is 0 Å². The van der Waals surface area contributed by atoms with Crippen molar-refractivity contribution in [3.05, 3.63) is 29.8 Å². The van der Waals surface area contributed by atoms with Gasteiger partial charge in [0.05, 0.1) is 12.0 Å². The number of para-hydroxylation sites is 1. The minimum absolute atomic E-state index is 0.348. The van der Waals surface area contributed by atoms with Gasteiger partial charge in [-0.2, -0.15) is 0 Å². The highest BCUT2D eigenvalue weighted by atomic mass is 32.2. The molecule has 4 heteroatoms. The Morgan fingerprint density at radius 1 is 1.26 bits per heavy atom. The molecule has 0 fully saturated rings. The van der Waals surface area contributed by atoms with Crippen LogP contribution < -0.4 is 4.18 Å². The Morgan fingerprint density at radius 2 is 1.95 bits per heavy atom. The zero-order valence-corrected chi connectivity index (χ0v) is 12.9. The molecule has 1 aromatic carbocycles. The quantitative estimate of drug-likeness (QED) is 0.438. The maximum absolute atomic E-state index is 12.1. The van der Waals surface area contributed by atoms with Crippen molar-refractivity contribution >= 4 is 18.0 Å². The minimum Gasteiger partial charge on any atom is -0.456 e. The van der Waals surface area contributed by atoms with Crippen molar-refractivity contribution in [2.45, 2.75) is 46.1 Å². The van der Waals surface area contributed by atoms with E-state index in [4.69, 9.17) is 8.92 Å². The van der Waals surface area contributed by atoms with Gasteiger partial charge in [0.2, 0.25) is 0 Å². The SMILES string of the molecule is CCCCSOc1ccccc1C(=O)OC(C)(C)C. The van der Waals surface area contributed by atoms with Crippen LogP contribution >= 0.6 is 12.0 Å². The summed E-state index contributed by atoms with van der Waals surface area (Å²) in [5, 5.41) is 0.